The lowest BCUT2D eigenvalue weighted by atomic mass is 10.1. The van der Waals surface area contributed by atoms with Crippen LogP contribution in [0, 0.1) is 17.8 Å². The van der Waals surface area contributed by atoms with Gasteiger partial charge in [-0.1, -0.05) is 23.2 Å². The molecule has 1 amide bonds. The normalized spacial score (nSPS) is 11.0. The van der Waals surface area contributed by atoms with Crippen molar-refractivity contribution in [3.63, 3.8) is 0 Å². The van der Waals surface area contributed by atoms with Crippen molar-refractivity contribution in [1.82, 2.24) is 10.2 Å². The first kappa shape index (κ1) is 24.6. The zero-order chi connectivity index (χ0) is 24.8. The minimum Gasteiger partial charge on any atom is -0.525 e. The van der Waals surface area contributed by atoms with Crippen LogP contribution < -0.4 is 15.8 Å². The first-order valence-corrected chi connectivity index (χ1v) is 10.1. The predicted molar refractivity (Wildman–Crippen MR) is 125 cm³/mol. The summed E-state index contributed by atoms with van der Waals surface area (Å²) in [5.41, 5.74) is 6.06. The fourth-order valence-electron chi connectivity index (χ4n) is 2.66. The molecule has 0 fully saturated rings. The summed E-state index contributed by atoms with van der Waals surface area (Å²) in [6, 6.07) is 9.04. The van der Waals surface area contributed by atoms with Crippen LogP contribution in [0.25, 0.3) is 0 Å². The summed E-state index contributed by atoms with van der Waals surface area (Å²) in [6.45, 7) is 0. The van der Waals surface area contributed by atoms with Gasteiger partial charge in [0.2, 0.25) is 0 Å². The SMILES string of the molecule is BOC#C[C@@H](Oc1cc(C(=O)Nc2ccc(C(=O)O)cc2)nnc1N)c1c(Cl)ccc(F)c1Cl. The van der Waals surface area contributed by atoms with Crippen molar-refractivity contribution in [2.75, 3.05) is 11.1 Å². The van der Waals surface area contributed by atoms with E-state index in [1.165, 1.54) is 44.4 Å². The average Bonchev–Trinajstić information content (AvgIpc) is 2.81. The van der Waals surface area contributed by atoms with E-state index in [-0.39, 0.29) is 38.4 Å². The summed E-state index contributed by atoms with van der Waals surface area (Å²) in [5, 5.41) is 18.7. The van der Waals surface area contributed by atoms with E-state index in [1.54, 1.807) is 0 Å². The number of aromatic carboxylic acids is 1. The van der Waals surface area contributed by atoms with Crippen LogP contribution in [0.5, 0.6) is 5.75 Å². The minimum absolute atomic E-state index is 0.0219. The molecular formula is C21H14BCl2FN4O5. The van der Waals surface area contributed by atoms with E-state index in [1.807, 2.05) is 0 Å². The molecule has 3 aromatic rings. The molecule has 9 nitrogen and oxygen atoms in total. The van der Waals surface area contributed by atoms with Gasteiger partial charge in [-0.3, -0.25) is 4.79 Å². The number of halogens is 3. The van der Waals surface area contributed by atoms with Gasteiger partial charge in [-0.15, -0.1) is 10.2 Å². The van der Waals surface area contributed by atoms with Gasteiger partial charge in [0.1, 0.15) is 5.82 Å². The van der Waals surface area contributed by atoms with Crippen LogP contribution in [0.4, 0.5) is 15.9 Å². The summed E-state index contributed by atoms with van der Waals surface area (Å²) in [6.07, 6.45) is 1.10. The third-order valence-corrected chi connectivity index (χ3v) is 5.00. The van der Waals surface area contributed by atoms with Gasteiger partial charge in [-0.2, -0.15) is 0 Å². The molecule has 0 saturated heterocycles. The number of nitrogens with zero attached hydrogens (tertiary/aromatic N) is 2. The number of nitrogen functional groups attached to an aromatic ring is 1. The molecule has 1 aromatic heterocycles. The van der Waals surface area contributed by atoms with Gasteiger partial charge < -0.3 is 25.5 Å². The quantitative estimate of drug-likeness (QED) is 0.265. The van der Waals surface area contributed by atoms with E-state index in [2.05, 4.69) is 27.5 Å². The summed E-state index contributed by atoms with van der Waals surface area (Å²) in [5.74, 6) is -0.226. The highest BCUT2D eigenvalue weighted by Crippen LogP contribution is 2.36. The minimum atomic E-state index is -1.23. The number of nitrogens with one attached hydrogen (secondary N) is 1. The van der Waals surface area contributed by atoms with E-state index in [0.717, 1.165) is 6.07 Å². The van der Waals surface area contributed by atoms with E-state index in [0.29, 0.717) is 5.69 Å². The maximum absolute atomic E-state index is 14.0. The maximum Gasteiger partial charge on any atom is 0.337 e. The van der Waals surface area contributed by atoms with Gasteiger partial charge in [0.05, 0.1) is 21.7 Å². The number of carbonyl (C=O) groups excluding carboxylic acids is 1. The van der Waals surface area contributed by atoms with Gasteiger partial charge in [-0.05, 0) is 42.3 Å². The van der Waals surface area contributed by atoms with Crippen LogP contribution in [0.1, 0.15) is 32.5 Å². The molecule has 0 spiro atoms. The number of nitrogens with two attached hydrogens (primary N) is 1. The van der Waals surface area contributed by atoms with Crippen LogP contribution in [0.15, 0.2) is 42.5 Å². The van der Waals surface area contributed by atoms with Crippen LogP contribution in [-0.2, 0) is 4.65 Å². The Morgan fingerprint density at radius 2 is 1.88 bits per heavy atom. The molecule has 4 N–H and O–H groups in total. The zero-order valence-electron chi connectivity index (χ0n) is 17.3. The summed E-state index contributed by atoms with van der Waals surface area (Å²) >= 11 is 12.3. The topological polar surface area (TPSA) is 137 Å². The molecular weight excluding hydrogens is 489 g/mol. The van der Waals surface area contributed by atoms with Gasteiger partial charge >= 0.3 is 14.0 Å². The molecule has 0 aliphatic heterocycles. The Kier molecular flexibility index (Phi) is 7.78. The first-order chi connectivity index (χ1) is 16.2. The lowest BCUT2D eigenvalue weighted by molar-refractivity contribution is 0.0696. The second kappa shape index (κ2) is 10.7. The Bertz CT molecular complexity index is 1310. The molecule has 1 heterocycles. The van der Waals surface area contributed by atoms with Crippen molar-refractivity contribution in [2.24, 2.45) is 0 Å². The first-order valence-electron chi connectivity index (χ1n) is 9.32. The molecule has 3 rings (SSSR count). The standard InChI is InChI=1S/C21H14BCl2FN4O5/c22-33-8-7-15(17-12(23)5-6-13(25)18(17)24)34-16-9-14(28-29-19(16)26)20(30)27-11-3-1-10(2-4-11)21(31)32/h1-6,9,15H,22H2,(H2,26,29)(H,27,30)(H,31,32)/t15-/m1/s1. The van der Waals surface area contributed by atoms with Crippen LogP contribution in [0.2, 0.25) is 10.0 Å². The molecule has 172 valence electrons. The largest absolute Gasteiger partial charge is 0.525 e. The van der Waals surface area contributed by atoms with Crippen molar-refractivity contribution in [3.05, 3.63) is 75.1 Å². The third kappa shape index (κ3) is 5.67. The molecule has 34 heavy (non-hydrogen) atoms. The molecule has 0 bridgehead atoms. The molecule has 0 aliphatic carbocycles. The van der Waals surface area contributed by atoms with Gasteiger partial charge in [0.15, 0.2) is 23.4 Å². The van der Waals surface area contributed by atoms with Gasteiger partial charge in [0.25, 0.3) is 5.91 Å². The van der Waals surface area contributed by atoms with Crippen molar-refractivity contribution in [3.8, 4) is 17.8 Å². The van der Waals surface area contributed by atoms with Crippen LogP contribution >= 0.6 is 23.2 Å². The Morgan fingerprint density at radius 1 is 1.18 bits per heavy atom. The van der Waals surface area contributed by atoms with Crippen LogP contribution in [0.3, 0.4) is 0 Å². The highest BCUT2D eigenvalue weighted by molar-refractivity contribution is 6.36. The number of benzene rings is 2. The van der Waals surface area contributed by atoms with E-state index >= 15 is 0 Å². The Hall–Kier alpha value is -4.01. The number of carboxylic acids is 1. The zero-order valence-corrected chi connectivity index (χ0v) is 18.8. The lowest BCUT2D eigenvalue weighted by Crippen LogP contribution is -2.16. The second-order valence-corrected chi connectivity index (χ2v) is 7.31. The smallest absolute Gasteiger partial charge is 0.337 e. The Balaban J connectivity index is 1.90. The molecule has 1 atom stereocenters. The predicted octanol–water partition coefficient (Wildman–Crippen LogP) is 3.10. The number of aromatic nitrogens is 2. The number of carboxylic acid groups (broad SMARTS) is 1. The highest BCUT2D eigenvalue weighted by atomic mass is 35.5. The van der Waals surface area contributed by atoms with Gasteiger partial charge in [0, 0.05) is 17.3 Å². The number of ether oxygens (including phenoxy) is 1. The van der Waals surface area contributed by atoms with Crippen molar-refractivity contribution < 1.29 is 28.5 Å². The molecule has 0 radical (unpaired) electrons. The molecule has 0 aliphatic rings. The van der Waals surface area contributed by atoms with E-state index in [9.17, 15) is 14.0 Å². The average molecular weight is 503 g/mol. The number of hydrogen-bond donors (Lipinski definition) is 3. The van der Waals surface area contributed by atoms with Gasteiger partial charge in [-0.25, -0.2) is 9.18 Å². The highest BCUT2D eigenvalue weighted by Gasteiger charge is 2.23. The molecule has 0 saturated carbocycles. The fourth-order valence-corrected chi connectivity index (χ4v) is 3.23. The lowest BCUT2D eigenvalue weighted by Gasteiger charge is -2.18. The third-order valence-electron chi connectivity index (χ3n) is 4.29. The van der Waals surface area contributed by atoms with E-state index in [4.69, 9.17) is 43.4 Å². The second-order valence-electron chi connectivity index (χ2n) is 6.52. The van der Waals surface area contributed by atoms with E-state index < -0.39 is 23.8 Å². The van der Waals surface area contributed by atoms with Crippen molar-refractivity contribution in [1.29, 1.82) is 0 Å². The molecule has 0 unspecified atom stereocenters. The number of hydrogen-bond acceptors (Lipinski definition) is 7. The Labute approximate surface area is 203 Å². The number of carbonyl (C=O) groups is 2. The maximum atomic E-state index is 14.0. The van der Waals surface area contributed by atoms with Crippen molar-refractivity contribution >= 4 is 54.6 Å². The summed E-state index contributed by atoms with van der Waals surface area (Å²) in [7, 11) is 1.31. The summed E-state index contributed by atoms with van der Waals surface area (Å²) in [4.78, 5) is 23.6. The molecule has 13 heteroatoms. The number of anilines is 2. The van der Waals surface area contributed by atoms with Crippen LogP contribution in [-0.4, -0.2) is 35.2 Å². The summed E-state index contributed by atoms with van der Waals surface area (Å²) < 4.78 is 24.6. The number of amides is 1. The monoisotopic (exact) mass is 502 g/mol. The Morgan fingerprint density at radius 3 is 2.53 bits per heavy atom. The number of rotatable bonds is 6. The van der Waals surface area contributed by atoms with Crippen molar-refractivity contribution in [2.45, 2.75) is 6.10 Å². The fraction of sp³-hybridized carbons (Fsp3) is 0.0476. The molecule has 2 aromatic carbocycles.